The van der Waals surface area contributed by atoms with Crippen LogP contribution >= 0.6 is 0 Å². The first kappa shape index (κ1) is 24.1. The van der Waals surface area contributed by atoms with E-state index >= 15 is 0 Å². The molecule has 1 amide bonds. The van der Waals surface area contributed by atoms with Gasteiger partial charge in [0.25, 0.3) is 0 Å². The molecule has 37 heavy (non-hydrogen) atoms. The number of anilines is 2. The van der Waals surface area contributed by atoms with Gasteiger partial charge in [-0.2, -0.15) is 0 Å². The van der Waals surface area contributed by atoms with Gasteiger partial charge in [0.2, 0.25) is 5.91 Å². The lowest BCUT2D eigenvalue weighted by Gasteiger charge is -2.41. The summed E-state index contributed by atoms with van der Waals surface area (Å²) in [5.74, 6) is 0.181. The Morgan fingerprint density at radius 2 is 1.92 bits per heavy atom. The molecule has 2 aliphatic heterocycles. The predicted molar refractivity (Wildman–Crippen MR) is 139 cm³/mol. The average Bonchev–Trinajstić information content (AvgIpc) is 3.66. The van der Waals surface area contributed by atoms with Crippen LogP contribution in [0.5, 0.6) is 0 Å². The second kappa shape index (κ2) is 9.27. The van der Waals surface area contributed by atoms with Crippen LogP contribution in [-0.4, -0.2) is 55.1 Å². The van der Waals surface area contributed by atoms with Crippen molar-refractivity contribution in [2.75, 3.05) is 24.1 Å². The quantitative estimate of drug-likeness (QED) is 0.483. The lowest BCUT2D eigenvalue weighted by Crippen LogP contribution is -2.46. The van der Waals surface area contributed by atoms with Crippen molar-refractivity contribution in [1.82, 2.24) is 9.88 Å². The molecule has 1 aromatic heterocycles. The smallest absolute Gasteiger partial charge is 0.242 e. The number of nitrogens with zero attached hydrogens (tertiary/aromatic N) is 2. The molecule has 2 aromatic carbocycles. The van der Waals surface area contributed by atoms with Crippen LogP contribution in [0.3, 0.4) is 0 Å². The van der Waals surface area contributed by atoms with E-state index in [1.807, 2.05) is 43.3 Å². The van der Waals surface area contributed by atoms with E-state index in [0.29, 0.717) is 42.1 Å². The van der Waals surface area contributed by atoms with E-state index in [9.17, 15) is 13.2 Å². The number of nitrogen functional groups attached to an aromatic ring is 1. The number of sulfone groups is 1. The van der Waals surface area contributed by atoms with Crippen LogP contribution in [0.15, 0.2) is 59.6 Å². The van der Waals surface area contributed by atoms with Crippen LogP contribution in [0.4, 0.5) is 11.5 Å². The first-order valence-electron chi connectivity index (χ1n) is 12.6. The molecule has 2 saturated heterocycles. The molecule has 0 radical (unpaired) electrons. The summed E-state index contributed by atoms with van der Waals surface area (Å²) in [6, 6.07) is 14.2. The van der Waals surface area contributed by atoms with E-state index < -0.39 is 22.2 Å². The minimum Gasteiger partial charge on any atom is -0.383 e. The second-order valence-corrected chi connectivity index (χ2v) is 12.2. The van der Waals surface area contributed by atoms with Crippen molar-refractivity contribution in [3.63, 3.8) is 0 Å². The van der Waals surface area contributed by atoms with Crippen molar-refractivity contribution in [2.24, 2.45) is 5.92 Å². The summed E-state index contributed by atoms with van der Waals surface area (Å²) in [5.41, 5.74) is 7.38. The Kier molecular flexibility index (Phi) is 6.05. The molecule has 3 heterocycles. The van der Waals surface area contributed by atoms with E-state index in [-0.39, 0.29) is 29.9 Å². The number of pyridine rings is 1. The number of likely N-dealkylation sites (tertiary alicyclic amines) is 1. The van der Waals surface area contributed by atoms with Gasteiger partial charge in [-0.05, 0) is 67.5 Å². The van der Waals surface area contributed by atoms with Crippen molar-refractivity contribution in [3.8, 4) is 0 Å². The minimum absolute atomic E-state index is 0.0651. The lowest BCUT2D eigenvalue weighted by atomic mass is 9.92. The average molecular weight is 523 g/mol. The summed E-state index contributed by atoms with van der Waals surface area (Å²) in [7, 11) is -3.46. The maximum absolute atomic E-state index is 13.6. The molecule has 1 saturated carbocycles. The first-order valence-corrected chi connectivity index (χ1v) is 14.2. The number of hydrogen-bond acceptors (Lipinski definition) is 8. The number of nitrogens with one attached hydrogen (secondary N) is 1. The van der Waals surface area contributed by atoms with Crippen molar-refractivity contribution in [2.45, 2.75) is 55.0 Å². The molecule has 3 aromatic rings. The number of aromatic nitrogens is 1. The minimum atomic E-state index is -3.46. The summed E-state index contributed by atoms with van der Waals surface area (Å²) in [6.45, 7) is 2.38. The number of carbonyl (C=O) groups excluding carboxylic acids is 1. The Bertz CT molecular complexity index is 1450. The molecule has 1 aliphatic carbocycles. The van der Waals surface area contributed by atoms with Gasteiger partial charge in [-0.1, -0.05) is 18.2 Å². The van der Waals surface area contributed by atoms with E-state index in [2.05, 4.69) is 10.3 Å². The van der Waals surface area contributed by atoms with Gasteiger partial charge in [0, 0.05) is 29.7 Å². The van der Waals surface area contributed by atoms with Crippen LogP contribution in [0.25, 0.3) is 10.8 Å². The molecular weight excluding hydrogens is 492 g/mol. The number of rotatable bonds is 7. The Morgan fingerprint density at radius 1 is 1.14 bits per heavy atom. The van der Waals surface area contributed by atoms with Crippen LogP contribution in [-0.2, 0) is 24.1 Å². The molecule has 9 nitrogen and oxygen atoms in total. The van der Waals surface area contributed by atoms with Gasteiger partial charge in [0.15, 0.2) is 22.4 Å². The summed E-state index contributed by atoms with van der Waals surface area (Å²) >= 11 is 0. The van der Waals surface area contributed by atoms with E-state index in [1.165, 1.54) is 0 Å². The molecule has 3 N–H and O–H groups in total. The van der Waals surface area contributed by atoms with Crippen molar-refractivity contribution in [3.05, 3.63) is 60.3 Å². The highest BCUT2D eigenvalue weighted by Gasteiger charge is 2.49. The van der Waals surface area contributed by atoms with Gasteiger partial charge >= 0.3 is 0 Å². The number of carbonyl (C=O) groups is 1. The monoisotopic (exact) mass is 522 g/mol. The Labute approximate surface area is 215 Å². The van der Waals surface area contributed by atoms with E-state index in [0.717, 1.165) is 16.5 Å². The number of benzene rings is 2. The molecule has 0 unspecified atom stereocenters. The third kappa shape index (κ3) is 4.43. The Morgan fingerprint density at radius 3 is 2.68 bits per heavy atom. The topological polar surface area (TPSA) is 124 Å². The number of nitrogens with two attached hydrogens (primary N) is 1. The van der Waals surface area contributed by atoms with Gasteiger partial charge in [-0.3, -0.25) is 4.79 Å². The molecular formula is C27H30N4O5S. The zero-order valence-corrected chi connectivity index (χ0v) is 21.4. The van der Waals surface area contributed by atoms with Gasteiger partial charge in [-0.25, -0.2) is 13.4 Å². The number of amides is 1. The normalized spacial score (nSPS) is 25.7. The highest BCUT2D eigenvalue weighted by atomic mass is 32.2. The molecule has 2 atom stereocenters. The zero-order valence-electron chi connectivity index (χ0n) is 20.5. The summed E-state index contributed by atoms with van der Waals surface area (Å²) < 4.78 is 38.3. The third-order valence-electron chi connectivity index (χ3n) is 7.51. The summed E-state index contributed by atoms with van der Waals surface area (Å²) in [5, 5.41) is 4.66. The third-order valence-corrected chi connectivity index (χ3v) is 9.85. The maximum Gasteiger partial charge on any atom is 0.242 e. The Hall–Kier alpha value is -3.21. The molecule has 3 fully saturated rings. The van der Waals surface area contributed by atoms with E-state index in [1.54, 1.807) is 23.2 Å². The van der Waals surface area contributed by atoms with E-state index in [4.69, 9.17) is 15.2 Å². The van der Waals surface area contributed by atoms with Crippen LogP contribution in [0, 0.1) is 5.92 Å². The zero-order chi connectivity index (χ0) is 25.7. The standard InChI is InChI=1S/C27H30N4O5S/c1-16-35-27(36-16)22-11-13-31(25(22)21-4-2-3-5-23(21)37(33,34)19-7-8-19)24(32)15-30-18-6-9-20-17(14-18)10-12-29-26(20)28/h2-6,9-10,12,14,16,19,22,25,27,30H,7-8,11,13,15H2,1H3,(H2,28,29)/t16?,22-,25+,27?/m0/s1. The molecule has 0 bridgehead atoms. The summed E-state index contributed by atoms with van der Waals surface area (Å²) in [4.78, 5) is 19.8. The molecule has 0 spiro atoms. The number of fused-ring (bicyclic) bond motifs is 1. The SMILES string of the molecule is CC1OC([C@H]2CCN(C(=O)CNc3ccc4c(N)nccc4c3)[C@@H]2c2ccccc2S(=O)(=O)C2CC2)O1. The first-order chi connectivity index (χ1) is 17.8. The Balaban J connectivity index is 1.27. The summed E-state index contributed by atoms with van der Waals surface area (Å²) in [6.07, 6.45) is 2.89. The fourth-order valence-corrected chi connectivity index (χ4v) is 7.40. The lowest BCUT2D eigenvalue weighted by molar-refractivity contribution is -0.393. The van der Waals surface area contributed by atoms with Gasteiger partial charge in [0.05, 0.1) is 22.7 Å². The number of hydrogen-bond donors (Lipinski definition) is 2. The second-order valence-electron chi connectivity index (χ2n) is 9.96. The van der Waals surface area contributed by atoms with Crippen molar-refractivity contribution in [1.29, 1.82) is 0 Å². The fourth-order valence-electron chi connectivity index (χ4n) is 5.50. The van der Waals surface area contributed by atoms with Gasteiger partial charge in [-0.15, -0.1) is 0 Å². The molecule has 194 valence electrons. The molecule has 3 aliphatic rings. The predicted octanol–water partition coefficient (Wildman–Crippen LogP) is 3.47. The van der Waals surface area contributed by atoms with Crippen LogP contribution in [0.2, 0.25) is 0 Å². The fraction of sp³-hybridized carbons (Fsp3) is 0.407. The maximum atomic E-state index is 13.6. The van der Waals surface area contributed by atoms with Crippen LogP contribution < -0.4 is 11.1 Å². The molecule has 6 rings (SSSR count). The highest BCUT2D eigenvalue weighted by molar-refractivity contribution is 7.92. The van der Waals surface area contributed by atoms with Crippen molar-refractivity contribution < 1.29 is 22.7 Å². The van der Waals surface area contributed by atoms with Gasteiger partial charge < -0.3 is 25.4 Å². The highest BCUT2D eigenvalue weighted by Crippen LogP contribution is 2.46. The molecule has 10 heteroatoms. The number of ether oxygens (including phenoxy) is 2. The van der Waals surface area contributed by atoms with Gasteiger partial charge in [0.1, 0.15) is 5.82 Å². The largest absolute Gasteiger partial charge is 0.383 e. The van der Waals surface area contributed by atoms with Crippen LogP contribution in [0.1, 0.15) is 37.8 Å². The van der Waals surface area contributed by atoms with Crippen molar-refractivity contribution >= 4 is 38.0 Å².